The Hall–Kier alpha value is -0.850. The van der Waals surface area contributed by atoms with E-state index in [0.717, 1.165) is 6.42 Å². The van der Waals surface area contributed by atoms with E-state index in [1.807, 2.05) is 12.3 Å². The van der Waals surface area contributed by atoms with Crippen LogP contribution in [-0.2, 0) is 6.42 Å². The largest absolute Gasteiger partial charge is 0.261 e. The molecule has 162 valence electrons. The van der Waals surface area contributed by atoms with Crippen LogP contribution in [0.2, 0.25) is 0 Å². The van der Waals surface area contributed by atoms with Gasteiger partial charge in [0.25, 0.3) is 0 Å². The smallest absolute Gasteiger partial charge is 0.0403 e. The third-order valence-corrected chi connectivity index (χ3v) is 6.01. The normalized spacial score (nSPS) is 11.2. The lowest BCUT2D eigenvalue weighted by Gasteiger charge is -2.04. The van der Waals surface area contributed by atoms with E-state index in [1.165, 1.54) is 134 Å². The lowest BCUT2D eigenvalue weighted by molar-refractivity contribution is 0.521. The van der Waals surface area contributed by atoms with Gasteiger partial charge >= 0.3 is 0 Å². The van der Waals surface area contributed by atoms with Gasteiger partial charge in [0.2, 0.25) is 0 Å². The fourth-order valence-electron chi connectivity index (χ4n) is 4.11. The van der Waals surface area contributed by atoms with Crippen molar-refractivity contribution in [2.45, 2.75) is 142 Å². The molecule has 1 aromatic heterocycles. The van der Waals surface area contributed by atoms with E-state index in [4.69, 9.17) is 0 Å². The quantitative estimate of drug-likeness (QED) is 0.191. The maximum atomic E-state index is 4.40. The van der Waals surface area contributed by atoms with Crippen molar-refractivity contribution in [1.29, 1.82) is 0 Å². The lowest BCUT2D eigenvalue weighted by Crippen LogP contribution is -1.89. The van der Waals surface area contributed by atoms with Crippen molar-refractivity contribution in [3.63, 3.8) is 0 Å². The molecular formula is C27H49N. The summed E-state index contributed by atoms with van der Waals surface area (Å²) in [6.45, 7) is 2.30. The van der Waals surface area contributed by atoms with Gasteiger partial charge in [-0.2, -0.15) is 0 Å². The molecule has 0 aliphatic rings. The number of hydrogen-bond donors (Lipinski definition) is 0. The number of hydrogen-bond acceptors (Lipinski definition) is 1. The first-order valence-electron chi connectivity index (χ1n) is 12.8. The molecule has 0 amide bonds. The van der Waals surface area contributed by atoms with Crippen molar-refractivity contribution in [1.82, 2.24) is 4.98 Å². The number of pyridine rings is 1. The summed E-state index contributed by atoms with van der Waals surface area (Å²) in [5.74, 6) is 0. The van der Waals surface area contributed by atoms with E-state index in [1.54, 1.807) is 0 Å². The Morgan fingerprint density at radius 3 is 1.25 bits per heavy atom. The zero-order valence-corrected chi connectivity index (χ0v) is 19.1. The van der Waals surface area contributed by atoms with E-state index >= 15 is 0 Å². The molecule has 1 nitrogen and oxygen atoms in total. The predicted molar refractivity (Wildman–Crippen MR) is 126 cm³/mol. The Balaban J connectivity index is 1.67. The van der Waals surface area contributed by atoms with Crippen molar-refractivity contribution >= 4 is 0 Å². The highest BCUT2D eigenvalue weighted by molar-refractivity contribution is 5.03. The molecule has 0 spiro atoms. The van der Waals surface area contributed by atoms with Gasteiger partial charge in [-0.25, -0.2) is 0 Å². The second kappa shape index (κ2) is 20.9. The van der Waals surface area contributed by atoms with Crippen LogP contribution >= 0.6 is 0 Å². The summed E-state index contributed by atoms with van der Waals surface area (Å²) < 4.78 is 0. The topological polar surface area (TPSA) is 12.9 Å². The molecule has 0 unspecified atom stereocenters. The Bertz CT molecular complexity index is 400. The molecule has 1 heterocycles. The summed E-state index contributed by atoms with van der Waals surface area (Å²) in [5, 5.41) is 0. The minimum atomic E-state index is 1.15. The fourth-order valence-corrected chi connectivity index (χ4v) is 4.11. The van der Waals surface area contributed by atoms with E-state index in [9.17, 15) is 0 Å². The summed E-state index contributed by atoms with van der Waals surface area (Å²) in [5.41, 5.74) is 1.25. The third-order valence-electron chi connectivity index (χ3n) is 6.01. The van der Waals surface area contributed by atoms with Gasteiger partial charge in [0.15, 0.2) is 0 Å². The number of rotatable bonds is 21. The second-order valence-corrected chi connectivity index (χ2v) is 8.79. The van der Waals surface area contributed by atoms with Crippen LogP contribution in [0.25, 0.3) is 0 Å². The first-order chi connectivity index (χ1) is 13.9. The number of nitrogens with zero attached hydrogens (tertiary/aromatic N) is 1. The SMILES string of the molecule is CCCCCCCCCCCCCCCCCCCCCCc1ccccn1. The van der Waals surface area contributed by atoms with Gasteiger partial charge in [-0.3, -0.25) is 4.98 Å². The second-order valence-electron chi connectivity index (χ2n) is 8.79. The van der Waals surface area contributed by atoms with Crippen LogP contribution in [0.3, 0.4) is 0 Å². The Labute approximate surface area is 177 Å². The Kier molecular flexibility index (Phi) is 18.8. The number of aromatic nitrogens is 1. The highest BCUT2D eigenvalue weighted by Gasteiger charge is 1.96. The molecule has 0 saturated carbocycles. The third kappa shape index (κ3) is 17.3. The van der Waals surface area contributed by atoms with Crippen LogP contribution in [0.15, 0.2) is 24.4 Å². The molecule has 1 aromatic rings. The Morgan fingerprint density at radius 1 is 0.500 bits per heavy atom. The van der Waals surface area contributed by atoms with Crippen molar-refractivity contribution in [2.75, 3.05) is 0 Å². The van der Waals surface area contributed by atoms with Gasteiger partial charge in [0.05, 0.1) is 0 Å². The molecule has 0 aromatic carbocycles. The minimum Gasteiger partial charge on any atom is -0.261 e. The van der Waals surface area contributed by atoms with Crippen LogP contribution in [-0.4, -0.2) is 4.98 Å². The summed E-state index contributed by atoms with van der Waals surface area (Å²) in [6, 6.07) is 6.25. The molecule has 0 radical (unpaired) electrons. The predicted octanol–water partition coefficient (Wildman–Crippen LogP) is 9.45. The van der Waals surface area contributed by atoms with Gasteiger partial charge in [-0.1, -0.05) is 135 Å². The number of aryl methyl sites for hydroxylation is 1. The van der Waals surface area contributed by atoms with Gasteiger partial charge in [0, 0.05) is 11.9 Å². The van der Waals surface area contributed by atoms with Gasteiger partial charge < -0.3 is 0 Å². The van der Waals surface area contributed by atoms with E-state index in [2.05, 4.69) is 24.0 Å². The highest BCUT2D eigenvalue weighted by atomic mass is 14.7. The van der Waals surface area contributed by atoms with Crippen LogP contribution in [0.5, 0.6) is 0 Å². The summed E-state index contributed by atoms with van der Waals surface area (Å²) in [4.78, 5) is 4.40. The monoisotopic (exact) mass is 387 g/mol. The van der Waals surface area contributed by atoms with Crippen LogP contribution < -0.4 is 0 Å². The molecule has 0 bridgehead atoms. The van der Waals surface area contributed by atoms with Crippen LogP contribution in [0.1, 0.15) is 141 Å². The first-order valence-corrected chi connectivity index (χ1v) is 12.8. The van der Waals surface area contributed by atoms with E-state index in [-0.39, 0.29) is 0 Å². The summed E-state index contributed by atoms with van der Waals surface area (Å²) in [6.07, 6.45) is 32.0. The summed E-state index contributed by atoms with van der Waals surface area (Å²) in [7, 11) is 0. The standard InChI is InChI=1S/C27H49N/c1-2-3-4-5-6-7-8-9-10-11-12-13-14-15-16-17-18-19-20-21-24-27-25-22-23-26-28-27/h22-23,25-26H,2-21,24H2,1H3. The van der Waals surface area contributed by atoms with Crippen LogP contribution in [0.4, 0.5) is 0 Å². The lowest BCUT2D eigenvalue weighted by atomic mass is 10.0. The van der Waals surface area contributed by atoms with Crippen LogP contribution in [0, 0.1) is 0 Å². The average molecular weight is 388 g/mol. The maximum absolute atomic E-state index is 4.40. The molecule has 0 atom stereocenters. The van der Waals surface area contributed by atoms with Crippen molar-refractivity contribution in [3.05, 3.63) is 30.1 Å². The minimum absolute atomic E-state index is 1.15. The summed E-state index contributed by atoms with van der Waals surface area (Å²) >= 11 is 0. The molecule has 28 heavy (non-hydrogen) atoms. The van der Waals surface area contributed by atoms with Crippen molar-refractivity contribution in [3.8, 4) is 0 Å². The zero-order valence-electron chi connectivity index (χ0n) is 19.1. The molecular weight excluding hydrogens is 338 g/mol. The van der Waals surface area contributed by atoms with Gasteiger partial charge in [-0.05, 0) is 25.0 Å². The van der Waals surface area contributed by atoms with E-state index in [0.29, 0.717) is 0 Å². The van der Waals surface area contributed by atoms with Crippen molar-refractivity contribution in [2.24, 2.45) is 0 Å². The molecule has 1 heteroatoms. The maximum Gasteiger partial charge on any atom is 0.0403 e. The fraction of sp³-hybridized carbons (Fsp3) is 0.815. The zero-order chi connectivity index (χ0) is 20.0. The average Bonchev–Trinajstić information content (AvgIpc) is 2.73. The molecule has 1 rings (SSSR count). The number of unbranched alkanes of at least 4 members (excludes halogenated alkanes) is 19. The molecule has 0 aliphatic carbocycles. The molecule has 0 aliphatic heterocycles. The molecule has 0 N–H and O–H groups in total. The Morgan fingerprint density at radius 2 is 0.893 bits per heavy atom. The van der Waals surface area contributed by atoms with E-state index < -0.39 is 0 Å². The molecule has 0 fully saturated rings. The first kappa shape index (κ1) is 25.2. The van der Waals surface area contributed by atoms with Gasteiger partial charge in [0.1, 0.15) is 0 Å². The van der Waals surface area contributed by atoms with Gasteiger partial charge in [-0.15, -0.1) is 0 Å². The van der Waals surface area contributed by atoms with Crippen molar-refractivity contribution < 1.29 is 0 Å². The highest BCUT2D eigenvalue weighted by Crippen LogP contribution is 2.15. The molecule has 0 saturated heterocycles.